The smallest absolute Gasteiger partial charge is 0.118 e. The first-order chi connectivity index (χ1) is 8.83. The average Bonchev–Trinajstić information content (AvgIpc) is 2.94. The SMILES string of the molecule is COc1ccc(CCC(NN)C2CCCO2)cc1. The lowest BCUT2D eigenvalue weighted by atomic mass is 10.00. The largest absolute Gasteiger partial charge is 0.497 e. The number of nitrogens with one attached hydrogen (secondary N) is 1. The lowest BCUT2D eigenvalue weighted by Gasteiger charge is -2.22. The fraction of sp³-hybridized carbons (Fsp3) is 0.571. The van der Waals surface area contributed by atoms with E-state index in [0.717, 1.165) is 38.0 Å². The van der Waals surface area contributed by atoms with E-state index in [-0.39, 0.29) is 12.1 Å². The van der Waals surface area contributed by atoms with Gasteiger partial charge in [0.25, 0.3) is 0 Å². The van der Waals surface area contributed by atoms with Gasteiger partial charge in [-0.1, -0.05) is 12.1 Å². The summed E-state index contributed by atoms with van der Waals surface area (Å²) in [5.41, 5.74) is 4.19. The van der Waals surface area contributed by atoms with Crippen LogP contribution in [0.3, 0.4) is 0 Å². The average molecular weight is 250 g/mol. The number of ether oxygens (including phenoxy) is 2. The van der Waals surface area contributed by atoms with Crippen LogP contribution in [0.25, 0.3) is 0 Å². The summed E-state index contributed by atoms with van der Waals surface area (Å²) in [7, 11) is 1.68. The van der Waals surface area contributed by atoms with Crippen LogP contribution in [0.15, 0.2) is 24.3 Å². The lowest BCUT2D eigenvalue weighted by molar-refractivity contribution is 0.0757. The van der Waals surface area contributed by atoms with Gasteiger partial charge in [0.1, 0.15) is 5.75 Å². The summed E-state index contributed by atoms with van der Waals surface area (Å²) >= 11 is 0. The van der Waals surface area contributed by atoms with E-state index in [1.54, 1.807) is 7.11 Å². The predicted octanol–water partition coefficient (Wildman–Crippen LogP) is 1.64. The molecule has 1 heterocycles. The molecule has 1 aliphatic heterocycles. The molecule has 100 valence electrons. The second-order valence-electron chi connectivity index (χ2n) is 4.71. The molecule has 4 heteroatoms. The van der Waals surface area contributed by atoms with E-state index in [1.807, 2.05) is 12.1 Å². The Morgan fingerprint density at radius 2 is 2.22 bits per heavy atom. The minimum Gasteiger partial charge on any atom is -0.497 e. The molecule has 0 aliphatic carbocycles. The molecule has 0 spiro atoms. The van der Waals surface area contributed by atoms with E-state index < -0.39 is 0 Å². The first-order valence-electron chi connectivity index (χ1n) is 6.54. The predicted molar refractivity (Wildman–Crippen MR) is 71.4 cm³/mol. The highest BCUT2D eigenvalue weighted by Gasteiger charge is 2.24. The minimum atomic E-state index is 0.245. The third kappa shape index (κ3) is 3.45. The maximum absolute atomic E-state index is 5.67. The van der Waals surface area contributed by atoms with Crippen molar-refractivity contribution in [3.05, 3.63) is 29.8 Å². The van der Waals surface area contributed by atoms with Crippen molar-refractivity contribution >= 4 is 0 Å². The maximum atomic E-state index is 5.67. The standard InChI is InChI=1S/C14H22N2O2/c1-17-12-7-4-11(5-8-12)6-9-13(16-15)14-3-2-10-18-14/h4-5,7-8,13-14,16H,2-3,6,9-10,15H2,1H3. The number of benzene rings is 1. The van der Waals surface area contributed by atoms with Crippen molar-refractivity contribution in [2.75, 3.05) is 13.7 Å². The van der Waals surface area contributed by atoms with Crippen LogP contribution in [0.2, 0.25) is 0 Å². The molecular formula is C14H22N2O2. The second-order valence-corrected chi connectivity index (χ2v) is 4.71. The van der Waals surface area contributed by atoms with Crippen LogP contribution < -0.4 is 16.0 Å². The molecule has 0 saturated carbocycles. The van der Waals surface area contributed by atoms with Gasteiger partial charge in [-0.3, -0.25) is 11.3 Å². The maximum Gasteiger partial charge on any atom is 0.118 e. The number of hydrogen-bond donors (Lipinski definition) is 2. The quantitative estimate of drug-likeness (QED) is 0.595. The van der Waals surface area contributed by atoms with Gasteiger partial charge in [-0.2, -0.15) is 0 Å². The van der Waals surface area contributed by atoms with Gasteiger partial charge in [-0.05, 0) is 43.4 Å². The fourth-order valence-corrected chi connectivity index (χ4v) is 2.41. The Balaban J connectivity index is 1.84. The Morgan fingerprint density at radius 3 is 2.78 bits per heavy atom. The molecule has 4 nitrogen and oxygen atoms in total. The normalized spacial score (nSPS) is 20.9. The number of nitrogens with two attached hydrogens (primary N) is 1. The zero-order valence-corrected chi connectivity index (χ0v) is 10.9. The lowest BCUT2D eigenvalue weighted by Crippen LogP contribution is -2.44. The first-order valence-corrected chi connectivity index (χ1v) is 6.54. The van der Waals surface area contributed by atoms with E-state index in [4.69, 9.17) is 15.3 Å². The van der Waals surface area contributed by atoms with Crippen LogP contribution in [0.1, 0.15) is 24.8 Å². The molecule has 0 amide bonds. The van der Waals surface area contributed by atoms with E-state index in [1.165, 1.54) is 5.56 Å². The van der Waals surface area contributed by atoms with Crippen molar-refractivity contribution in [1.29, 1.82) is 0 Å². The van der Waals surface area contributed by atoms with Crippen molar-refractivity contribution in [3.63, 3.8) is 0 Å². The van der Waals surface area contributed by atoms with Gasteiger partial charge < -0.3 is 9.47 Å². The van der Waals surface area contributed by atoms with Gasteiger partial charge in [0, 0.05) is 12.6 Å². The Kier molecular flexibility index (Phi) is 4.99. The highest BCUT2D eigenvalue weighted by Crippen LogP contribution is 2.19. The molecule has 1 fully saturated rings. The molecule has 0 aromatic heterocycles. The van der Waals surface area contributed by atoms with Gasteiger partial charge in [0.15, 0.2) is 0 Å². The fourth-order valence-electron chi connectivity index (χ4n) is 2.41. The molecule has 0 bridgehead atoms. The Labute approximate surface area is 108 Å². The highest BCUT2D eigenvalue weighted by molar-refractivity contribution is 5.27. The van der Waals surface area contributed by atoms with Crippen LogP contribution in [0, 0.1) is 0 Å². The van der Waals surface area contributed by atoms with E-state index in [2.05, 4.69) is 17.6 Å². The van der Waals surface area contributed by atoms with Gasteiger partial charge in [-0.15, -0.1) is 0 Å². The van der Waals surface area contributed by atoms with Crippen molar-refractivity contribution in [1.82, 2.24) is 5.43 Å². The van der Waals surface area contributed by atoms with Crippen LogP contribution in [-0.2, 0) is 11.2 Å². The summed E-state index contributed by atoms with van der Waals surface area (Å²) < 4.78 is 10.8. The molecule has 1 saturated heterocycles. The number of hydrogen-bond acceptors (Lipinski definition) is 4. The van der Waals surface area contributed by atoms with Crippen molar-refractivity contribution in [2.45, 2.75) is 37.8 Å². The van der Waals surface area contributed by atoms with Crippen molar-refractivity contribution in [3.8, 4) is 5.75 Å². The molecule has 2 unspecified atom stereocenters. The van der Waals surface area contributed by atoms with Crippen LogP contribution in [-0.4, -0.2) is 25.9 Å². The molecule has 18 heavy (non-hydrogen) atoms. The molecule has 0 radical (unpaired) electrons. The topological polar surface area (TPSA) is 56.5 Å². The Hall–Kier alpha value is -1.10. The first kappa shape index (κ1) is 13.3. The van der Waals surface area contributed by atoms with Crippen LogP contribution in [0.4, 0.5) is 0 Å². The summed E-state index contributed by atoms with van der Waals surface area (Å²) in [4.78, 5) is 0. The van der Waals surface area contributed by atoms with Crippen LogP contribution in [0.5, 0.6) is 5.75 Å². The number of hydrazine groups is 1. The molecule has 1 aliphatic rings. The third-order valence-corrected chi connectivity index (χ3v) is 3.53. The summed E-state index contributed by atoms with van der Waals surface area (Å²) in [6.45, 7) is 0.866. The molecule has 1 aromatic carbocycles. The number of methoxy groups -OCH3 is 1. The summed E-state index contributed by atoms with van der Waals surface area (Å²) in [6.07, 6.45) is 4.52. The molecule has 3 N–H and O–H groups in total. The van der Waals surface area contributed by atoms with E-state index in [9.17, 15) is 0 Å². The van der Waals surface area contributed by atoms with Crippen molar-refractivity contribution < 1.29 is 9.47 Å². The van der Waals surface area contributed by atoms with E-state index in [0.29, 0.717) is 0 Å². The van der Waals surface area contributed by atoms with E-state index >= 15 is 0 Å². The molecule has 2 rings (SSSR count). The number of rotatable bonds is 6. The zero-order chi connectivity index (χ0) is 12.8. The third-order valence-electron chi connectivity index (χ3n) is 3.53. The van der Waals surface area contributed by atoms with Gasteiger partial charge in [0.05, 0.1) is 13.2 Å². The summed E-state index contributed by atoms with van der Waals surface area (Å²) in [6, 6.07) is 8.43. The summed E-state index contributed by atoms with van der Waals surface area (Å²) in [5.74, 6) is 6.51. The van der Waals surface area contributed by atoms with Crippen molar-refractivity contribution in [2.24, 2.45) is 5.84 Å². The monoisotopic (exact) mass is 250 g/mol. The molecule has 1 aromatic rings. The van der Waals surface area contributed by atoms with Gasteiger partial charge in [0.2, 0.25) is 0 Å². The zero-order valence-electron chi connectivity index (χ0n) is 10.9. The van der Waals surface area contributed by atoms with Gasteiger partial charge >= 0.3 is 0 Å². The van der Waals surface area contributed by atoms with Crippen LogP contribution >= 0.6 is 0 Å². The second kappa shape index (κ2) is 6.73. The minimum absolute atomic E-state index is 0.245. The highest BCUT2D eigenvalue weighted by atomic mass is 16.5. The Morgan fingerprint density at radius 1 is 1.44 bits per heavy atom. The summed E-state index contributed by atoms with van der Waals surface area (Å²) in [5, 5.41) is 0. The Bertz CT molecular complexity index is 347. The van der Waals surface area contributed by atoms with Gasteiger partial charge in [-0.25, -0.2) is 0 Å². The molecular weight excluding hydrogens is 228 g/mol. The number of aryl methyl sites for hydroxylation is 1. The molecule has 2 atom stereocenters.